The average Bonchev–Trinajstić information content (AvgIpc) is 2.68. The first kappa shape index (κ1) is 25.8. The molecule has 1 aliphatic carbocycles. The minimum atomic E-state index is -2.15. The molecule has 9 nitrogen and oxygen atoms in total. The lowest BCUT2D eigenvalue weighted by atomic mass is 9.71. The zero-order chi connectivity index (χ0) is 26.2. The highest BCUT2D eigenvalue weighted by atomic mass is 16.6. The van der Waals surface area contributed by atoms with Gasteiger partial charge in [0.25, 0.3) is 0 Å². The molecule has 2 aromatic carbocycles. The van der Waals surface area contributed by atoms with Crippen LogP contribution in [0.5, 0.6) is 17.2 Å². The van der Waals surface area contributed by atoms with Gasteiger partial charge < -0.3 is 30.3 Å². The van der Waals surface area contributed by atoms with Crippen LogP contribution in [0.3, 0.4) is 0 Å². The number of phenols is 3. The second kappa shape index (κ2) is 9.42. The maximum Gasteiger partial charge on any atom is 0.303 e. The van der Waals surface area contributed by atoms with Gasteiger partial charge in [-0.3, -0.25) is 14.4 Å². The molecule has 0 aliphatic heterocycles. The second-order valence-corrected chi connectivity index (χ2v) is 9.11. The molecule has 0 saturated carbocycles. The molecule has 9 heteroatoms. The number of allylic oxidation sites excluding steroid dienone is 3. The largest absolute Gasteiger partial charge is 0.512 e. The van der Waals surface area contributed by atoms with Gasteiger partial charge in [0.1, 0.15) is 22.8 Å². The highest BCUT2D eigenvalue weighted by Crippen LogP contribution is 2.47. The van der Waals surface area contributed by atoms with Crippen LogP contribution in [-0.2, 0) is 27.2 Å². The van der Waals surface area contributed by atoms with E-state index in [2.05, 4.69) is 0 Å². The maximum absolute atomic E-state index is 13.6. The monoisotopic (exact) mass is 484 g/mol. The predicted molar refractivity (Wildman–Crippen MR) is 127 cm³/mol. The number of phenolic OH excluding ortho intramolecular Hbond substituents is 3. The van der Waals surface area contributed by atoms with Gasteiger partial charge in [-0.05, 0) is 49.8 Å². The number of hydrogen-bond donors (Lipinski definition) is 5. The highest BCUT2D eigenvalue weighted by Gasteiger charge is 2.51. The molecule has 0 fully saturated rings. The molecule has 0 unspecified atom stereocenters. The molecule has 0 amide bonds. The van der Waals surface area contributed by atoms with Gasteiger partial charge in [0.2, 0.25) is 5.78 Å². The third-order valence-electron chi connectivity index (χ3n) is 5.88. The van der Waals surface area contributed by atoms with Crippen LogP contribution in [-0.4, -0.2) is 54.8 Å². The fraction of sp³-hybridized carbons (Fsp3) is 0.346. The summed E-state index contributed by atoms with van der Waals surface area (Å²) in [5, 5.41) is 53.7. The number of aliphatic hydroxyl groups is 2. The Labute approximate surface area is 201 Å². The number of Topliss-reactive ketones (excluding diaryl/α,β-unsaturated/α-hetero) is 1. The number of carbonyl (C=O) groups excluding carboxylic acids is 3. The SMILES string of the molecule is CC(=O)/C=C(\O)C[C@]1(O)Cc2c(c(O)c3c(O)cc(O)cc3c2CC=C(C)C)C(=O)[C@H]1OC(C)=O. The van der Waals surface area contributed by atoms with Gasteiger partial charge in [0.05, 0.1) is 16.7 Å². The molecule has 0 aromatic heterocycles. The number of benzene rings is 2. The van der Waals surface area contributed by atoms with Gasteiger partial charge in [0, 0.05) is 31.9 Å². The first-order valence-corrected chi connectivity index (χ1v) is 10.9. The number of hydrogen-bond acceptors (Lipinski definition) is 9. The van der Waals surface area contributed by atoms with E-state index in [0.29, 0.717) is 5.56 Å². The van der Waals surface area contributed by atoms with Crippen LogP contribution >= 0.6 is 0 Å². The quantitative estimate of drug-likeness (QED) is 0.179. The Balaban J connectivity index is 2.38. The van der Waals surface area contributed by atoms with Crippen molar-refractivity contribution in [2.45, 2.75) is 58.7 Å². The smallest absolute Gasteiger partial charge is 0.303 e. The van der Waals surface area contributed by atoms with Crippen molar-refractivity contribution in [2.24, 2.45) is 0 Å². The molecule has 0 bridgehead atoms. The Hall–Kier alpha value is -3.85. The van der Waals surface area contributed by atoms with E-state index in [0.717, 1.165) is 24.6 Å². The molecule has 0 heterocycles. The molecule has 0 spiro atoms. The number of ether oxygens (including phenoxy) is 1. The predicted octanol–water partition coefficient (Wildman–Crippen LogP) is 3.29. The van der Waals surface area contributed by atoms with Gasteiger partial charge in [0.15, 0.2) is 11.9 Å². The summed E-state index contributed by atoms with van der Waals surface area (Å²) < 4.78 is 5.15. The van der Waals surface area contributed by atoms with Crippen LogP contribution in [0.2, 0.25) is 0 Å². The zero-order valence-electron chi connectivity index (χ0n) is 19.9. The third-order valence-corrected chi connectivity index (χ3v) is 5.88. The first-order chi connectivity index (χ1) is 16.2. The molecular weight excluding hydrogens is 456 g/mol. The Kier molecular flexibility index (Phi) is 6.94. The van der Waals surface area contributed by atoms with Crippen molar-refractivity contribution in [2.75, 3.05) is 0 Å². The summed E-state index contributed by atoms with van der Waals surface area (Å²) in [5.74, 6) is -4.12. The Morgan fingerprint density at radius 3 is 2.37 bits per heavy atom. The van der Waals surface area contributed by atoms with Gasteiger partial charge in [-0.25, -0.2) is 0 Å². The summed E-state index contributed by atoms with van der Waals surface area (Å²) in [6, 6.07) is 2.36. The summed E-state index contributed by atoms with van der Waals surface area (Å²) in [6.45, 7) is 5.95. The molecule has 2 atom stereocenters. The zero-order valence-corrected chi connectivity index (χ0v) is 19.9. The lowest BCUT2D eigenvalue weighted by Crippen LogP contribution is -2.54. The van der Waals surface area contributed by atoms with Crippen LogP contribution < -0.4 is 0 Å². The average molecular weight is 485 g/mol. The summed E-state index contributed by atoms with van der Waals surface area (Å²) in [4.78, 5) is 36.8. The summed E-state index contributed by atoms with van der Waals surface area (Å²) >= 11 is 0. The third kappa shape index (κ3) is 5.00. The van der Waals surface area contributed by atoms with E-state index in [-0.39, 0.29) is 40.5 Å². The fourth-order valence-electron chi connectivity index (χ4n) is 4.54. The molecule has 186 valence electrons. The number of carbonyl (C=O) groups is 3. The van der Waals surface area contributed by atoms with Crippen LogP contribution in [0.4, 0.5) is 0 Å². The van der Waals surface area contributed by atoms with Crippen LogP contribution in [0, 0.1) is 0 Å². The number of fused-ring (bicyclic) bond motifs is 2. The van der Waals surface area contributed by atoms with Crippen molar-refractivity contribution in [1.29, 1.82) is 0 Å². The van der Waals surface area contributed by atoms with E-state index in [1.165, 1.54) is 13.0 Å². The molecule has 3 rings (SSSR count). The van der Waals surface area contributed by atoms with Crippen molar-refractivity contribution in [3.8, 4) is 17.2 Å². The van der Waals surface area contributed by atoms with Gasteiger partial charge in [-0.2, -0.15) is 0 Å². The number of esters is 1. The first-order valence-electron chi connectivity index (χ1n) is 10.9. The number of rotatable bonds is 6. The second-order valence-electron chi connectivity index (χ2n) is 9.11. The van der Waals surface area contributed by atoms with Gasteiger partial charge in [-0.15, -0.1) is 0 Å². The van der Waals surface area contributed by atoms with Crippen molar-refractivity contribution in [3.05, 3.63) is 52.3 Å². The normalized spacial score (nSPS) is 19.9. The van der Waals surface area contributed by atoms with Gasteiger partial charge in [-0.1, -0.05) is 11.6 Å². The molecular formula is C26H28O9. The minimum Gasteiger partial charge on any atom is -0.512 e. The fourth-order valence-corrected chi connectivity index (χ4v) is 4.54. The Morgan fingerprint density at radius 2 is 1.80 bits per heavy atom. The summed E-state index contributed by atoms with van der Waals surface area (Å²) in [7, 11) is 0. The molecule has 0 radical (unpaired) electrons. The molecule has 1 aliphatic rings. The molecule has 35 heavy (non-hydrogen) atoms. The number of ketones is 2. The van der Waals surface area contributed by atoms with E-state index >= 15 is 0 Å². The van der Waals surface area contributed by atoms with E-state index in [1.807, 2.05) is 19.9 Å². The van der Waals surface area contributed by atoms with Crippen molar-refractivity contribution in [3.63, 3.8) is 0 Å². The standard InChI is InChI=1S/C26H28O9/c1-12(2)5-6-17-18-8-15(29)9-20(31)21(18)23(32)22-19(17)11-26(34,10-16(30)7-13(3)27)25(24(22)33)35-14(4)28/h5,7-9,25,29-32,34H,6,10-11H2,1-4H3/b16-7-/t25-,26+/m1/s1. The van der Waals surface area contributed by atoms with Crippen LogP contribution in [0.1, 0.15) is 55.6 Å². The van der Waals surface area contributed by atoms with Crippen LogP contribution in [0.25, 0.3) is 10.8 Å². The van der Waals surface area contributed by atoms with E-state index in [4.69, 9.17) is 4.74 Å². The van der Waals surface area contributed by atoms with Crippen molar-refractivity contribution in [1.82, 2.24) is 0 Å². The van der Waals surface area contributed by atoms with E-state index in [1.54, 1.807) is 0 Å². The summed E-state index contributed by atoms with van der Waals surface area (Å²) in [5.41, 5.74) is -0.791. The Bertz CT molecular complexity index is 1300. The molecule has 5 N–H and O–H groups in total. The van der Waals surface area contributed by atoms with Crippen molar-refractivity contribution < 1.29 is 44.7 Å². The number of aromatic hydroxyl groups is 3. The topological polar surface area (TPSA) is 162 Å². The van der Waals surface area contributed by atoms with Crippen LogP contribution in [0.15, 0.2) is 35.6 Å². The Morgan fingerprint density at radius 1 is 1.14 bits per heavy atom. The minimum absolute atomic E-state index is 0.0709. The maximum atomic E-state index is 13.6. The lowest BCUT2D eigenvalue weighted by Gasteiger charge is -2.40. The van der Waals surface area contributed by atoms with E-state index in [9.17, 15) is 39.9 Å². The highest BCUT2D eigenvalue weighted by molar-refractivity contribution is 6.12. The van der Waals surface area contributed by atoms with E-state index < -0.39 is 52.9 Å². The lowest BCUT2D eigenvalue weighted by molar-refractivity contribution is -0.158. The molecule has 2 aromatic rings. The number of aliphatic hydroxyl groups excluding tert-OH is 1. The molecule has 0 saturated heterocycles. The van der Waals surface area contributed by atoms with Crippen molar-refractivity contribution >= 4 is 28.3 Å². The summed E-state index contributed by atoms with van der Waals surface area (Å²) in [6.07, 6.45) is 0.230. The van der Waals surface area contributed by atoms with Gasteiger partial charge >= 0.3 is 5.97 Å².